The molecule has 74 valence electrons. The highest BCUT2D eigenvalue weighted by Gasteiger charge is 2.25. The van der Waals surface area contributed by atoms with E-state index in [4.69, 9.17) is 5.26 Å². The van der Waals surface area contributed by atoms with Gasteiger partial charge in [-0.1, -0.05) is 6.92 Å². The van der Waals surface area contributed by atoms with Crippen molar-refractivity contribution in [3.05, 3.63) is 0 Å². The Morgan fingerprint density at radius 2 is 2.23 bits per heavy atom. The van der Waals surface area contributed by atoms with Gasteiger partial charge >= 0.3 is 0 Å². The van der Waals surface area contributed by atoms with Crippen LogP contribution in [0.1, 0.15) is 39.5 Å². The Morgan fingerprint density at radius 3 is 2.69 bits per heavy atom. The number of nitrogens with zero attached hydrogens (tertiary/aromatic N) is 2. The van der Waals surface area contributed by atoms with Crippen LogP contribution < -0.4 is 0 Å². The predicted molar refractivity (Wildman–Crippen MR) is 54.3 cm³/mol. The highest BCUT2D eigenvalue weighted by molar-refractivity contribution is 4.84. The second-order valence-electron chi connectivity index (χ2n) is 4.15. The zero-order valence-corrected chi connectivity index (χ0v) is 8.79. The number of hydrogen-bond acceptors (Lipinski definition) is 2. The van der Waals surface area contributed by atoms with Gasteiger partial charge in [-0.3, -0.25) is 4.90 Å². The SMILES string of the molecule is CCCN(CC1CC1)C(C)CC#N. The molecule has 1 fully saturated rings. The van der Waals surface area contributed by atoms with Crippen LogP contribution in [0.5, 0.6) is 0 Å². The summed E-state index contributed by atoms with van der Waals surface area (Å²) >= 11 is 0. The fraction of sp³-hybridized carbons (Fsp3) is 0.909. The van der Waals surface area contributed by atoms with E-state index >= 15 is 0 Å². The van der Waals surface area contributed by atoms with Gasteiger partial charge in [0, 0.05) is 12.6 Å². The monoisotopic (exact) mass is 180 g/mol. The molecule has 13 heavy (non-hydrogen) atoms. The van der Waals surface area contributed by atoms with Crippen molar-refractivity contribution in [2.24, 2.45) is 5.92 Å². The van der Waals surface area contributed by atoms with E-state index in [9.17, 15) is 0 Å². The lowest BCUT2D eigenvalue weighted by molar-refractivity contribution is 0.202. The molecule has 1 aliphatic rings. The van der Waals surface area contributed by atoms with Crippen LogP contribution in [-0.2, 0) is 0 Å². The van der Waals surface area contributed by atoms with Crippen molar-refractivity contribution in [2.75, 3.05) is 13.1 Å². The van der Waals surface area contributed by atoms with Crippen molar-refractivity contribution in [2.45, 2.75) is 45.6 Å². The zero-order valence-electron chi connectivity index (χ0n) is 8.79. The molecule has 2 nitrogen and oxygen atoms in total. The van der Waals surface area contributed by atoms with Crippen LogP contribution in [0.3, 0.4) is 0 Å². The predicted octanol–water partition coefficient (Wildman–Crippen LogP) is 2.41. The van der Waals surface area contributed by atoms with Crippen molar-refractivity contribution in [3.8, 4) is 6.07 Å². The van der Waals surface area contributed by atoms with E-state index < -0.39 is 0 Å². The summed E-state index contributed by atoms with van der Waals surface area (Å²) in [5, 5.41) is 8.63. The summed E-state index contributed by atoms with van der Waals surface area (Å²) in [6, 6.07) is 2.71. The Balaban J connectivity index is 2.30. The van der Waals surface area contributed by atoms with Crippen molar-refractivity contribution < 1.29 is 0 Å². The van der Waals surface area contributed by atoms with Gasteiger partial charge < -0.3 is 0 Å². The summed E-state index contributed by atoms with van der Waals surface area (Å²) in [6.07, 6.45) is 4.67. The van der Waals surface area contributed by atoms with E-state index in [1.807, 2.05) is 0 Å². The van der Waals surface area contributed by atoms with E-state index in [0.717, 1.165) is 12.5 Å². The molecule has 0 spiro atoms. The van der Waals surface area contributed by atoms with E-state index in [-0.39, 0.29) is 0 Å². The van der Waals surface area contributed by atoms with Gasteiger partial charge in [-0.05, 0) is 38.6 Å². The summed E-state index contributed by atoms with van der Waals surface area (Å²) in [7, 11) is 0. The molecule has 0 saturated heterocycles. The van der Waals surface area contributed by atoms with E-state index in [2.05, 4.69) is 24.8 Å². The fourth-order valence-corrected chi connectivity index (χ4v) is 1.67. The molecule has 0 heterocycles. The van der Waals surface area contributed by atoms with E-state index in [1.54, 1.807) is 0 Å². The molecule has 1 rings (SSSR count). The third-order valence-electron chi connectivity index (χ3n) is 2.71. The van der Waals surface area contributed by atoms with Crippen molar-refractivity contribution in [1.82, 2.24) is 4.90 Å². The first-order valence-corrected chi connectivity index (χ1v) is 5.39. The van der Waals surface area contributed by atoms with Gasteiger partial charge in [0.15, 0.2) is 0 Å². The molecule has 0 radical (unpaired) electrons. The minimum absolute atomic E-state index is 0.450. The molecule has 1 aliphatic carbocycles. The minimum atomic E-state index is 0.450. The largest absolute Gasteiger partial charge is 0.299 e. The zero-order chi connectivity index (χ0) is 9.68. The molecule has 1 atom stereocenters. The average Bonchev–Trinajstić information content (AvgIpc) is 2.88. The van der Waals surface area contributed by atoms with Crippen LogP contribution in [0.4, 0.5) is 0 Å². The Labute approximate surface area is 81.5 Å². The Hall–Kier alpha value is -0.550. The van der Waals surface area contributed by atoms with Gasteiger partial charge in [0.25, 0.3) is 0 Å². The normalized spacial score (nSPS) is 18.6. The van der Waals surface area contributed by atoms with Crippen LogP contribution in [0.25, 0.3) is 0 Å². The molecule has 1 saturated carbocycles. The quantitative estimate of drug-likeness (QED) is 0.627. The molecular formula is C11H20N2. The van der Waals surface area contributed by atoms with Crippen molar-refractivity contribution in [1.29, 1.82) is 5.26 Å². The van der Waals surface area contributed by atoms with Gasteiger partial charge in [0.2, 0.25) is 0 Å². The third-order valence-corrected chi connectivity index (χ3v) is 2.71. The van der Waals surface area contributed by atoms with Gasteiger partial charge in [-0.25, -0.2) is 0 Å². The van der Waals surface area contributed by atoms with Crippen LogP contribution in [0.15, 0.2) is 0 Å². The van der Waals surface area contributed by atoms with Gasteiger partial charge in [0.1, 0.15) is 0 Å². The van der Waals surface area contributed by atoms with Crippen molar-refractivity contribution >= 4 is 0 Å². The summed E-state index contributed by atoms with van der Waals surface area (Å²) in [4.78, 5) is 2.47. The smallest absolute Gasteiger partial charge is 0.0638 e. The Bertz CT molecular complexity index is 179. The molecule has 1 unspecified atom stereocenters. The number of hydrogen-bond donors (Lipinski definition) is 0. The molecule has 0 aromatic rings. The van der Waals surface area contributed by atoms with Crippen LogP contribution in [0, 0.1) is 17.2 Å². The van der Waals surface area contributed by atoms with E-state index in [1.165, 1.54) is 25.8 Å². The fourth-order valence-electron chi connectivity index (χ4n) is 1.67. The molecule has 0 aromatic heterocycles. The van der Waals surface area contributed by atoms with Gasteiger partial charge in [-0.15, -0.1) is 0 Å². The average molecular weight is 180 g/mol. The van der Waals surface area contributed by atoms with Gasteiger partial charge in [-0.2, -0.15) is 5.26 Å². The molecule has 0 N–H and O–H groups in total. The Morgan fingerprint density at radius 1 is 1.54 bits per heavy atom. The molecule has 0 aliphatic heterocycles. The maximum absolute atomic E-state index is 8.63. The first-order valence-electron chi connectivity index (χ1n) is 5.39. The van der Waals surface area contributed by atoms with Gasteiger partial charge in [0.05, 0.1) is 12.5 Å². The standard InChI is InChI=1S/C11H20N2/c1-3-8-13(9-11-4-5-11)10(2)6-7-12/h10-11H,3-6,8-9H2,1-2H3. The summed E-state index contributed by atoms with van der Waals surface area (Å²) in [6.45, 7) is 6.75. The van der Waals surface area contributed by atoms with Crippen LogP contribution in [0.2, 0.25) is 0 Å². The number of nitriles is 1. The second kappa shape index (κ2) is 5.24. The summed E-state index contributed by atoms with van der Waals surface area (Å²) < 4.78 is 0. The molecule has 2 heteroatoms. The summed E-state index contributed by atoms with van der Waals surface area (Å²) in [5.41, 5.74) is 0. The lowest BCUT2D eigenvalue weighted by Crippen LogP contribution is -2.35. The molecule has 0 aromatic carbocycles. The third kappa shape index (κ3) is 3.78. The van der Waals surface area contributed by atoms with Crippen LogP contribution >= 0.6 is 0 Å². The maximum atomic E-state index is 8.63. The highest BCUT2D eigenvalue weighted by Crippen LogP contribution is 2.30. The van der Waals surface area contributed by atoms with Crippen molar-refractivity contribution in [3.63, 3.8) is 0 Å². The topological polar surface area (TPSA) is 27.0 Å². The van der Waals surface area contributed by atoms with E-state index in [0.29, 0.717) is 12.5 Å². The summed E-state index contributed by atoms with van der Waals surface area (Å²) in [5.74, 6) is 0.938. The maximum Gasteiger partial charge on any atom is 0.0638 e. The first-order chi connectivity index (χ1) is 6.27. The number of rotatable bonds is 6. The minimum Gasteiger partial charge on any atom is -0.299 e. The lowest BCUT2D eigenvalue weighted by Gasteiger charge is -2.26. The first kappa shape index (κ1) is 10.5. The lowest BCUT2D eigenvalue weighted by atomic mass is 10.2. The molecule has 0 bridgehead atoms. The molecular weight excluding hydrogens is 160 g/mol. The van der Waals surface area contributed by atoms with Crippen LogP contribution in [-0.4, -0.2) is 24.0 Å². The molecule has 0 amide bonds. The Kier molecular flexibility index (Phi) is 4.24. The highest BCUT2D eigenvalue weighted by atomic mass is 15.1. The second-order valence-corrected chi connectivity index (χ2v) is 4.15.